The van der Waals surface area contributed by atoms with E-state index in [0.717, 1.165) is 0 Å². The first-order valence-electron chi connectivity index (χ1n) is 21.5. The molecule has 356 valence electrons. The fourth-order valence-electron chi connectivity index (χ4n) is 6.44. The van der Waals surface area contributed by atoms with E-state index in [1.165, 1.54) is 0 Å². The number of carbonyl (C=O) groups excluding carboxylic acids is 8. The van der Waals surface area contributed by atoms with E-state index in [9.17, 15) is 38.4 Å². The Labute approximate surface area is 370 Å². The van der Waals surface area contributed by atoms with Gasteiger partial charge in [-0.1, -0.05) is 58.0 Å². The lowest BCUT2D eigenvalue weighted by Gasteiger charge is -2.28. The molecular weight excluding hydrogens is 817 g/mol. The molecule has 0 fully saturated rings. The maximum Gasteiger partial charge on any atom is 0.243 e. The lowest BCUT2D eigenvalue weighted by molar-refractivity contribution is -0.136. The Morgan fingerprint density at radius 1 is 0.429 bits per heavy atom. The van der Waals surface area contributed by atoms with Crippen LogP contribution in [0.25, 0.3) is 0 Å². The molecule has 0 aliphatic heterocycles. The van der Waals surface area contributed by atoms with Gasteiger partial charge >= 0.3 is 0 Å². The van der Waals surface area contributed by atoms with Gasteiger partial charge in [0.05, 0.1) is 6.04 Å². The van der Waals surface area contributed by atoms with Crippen LogP contribution in [0.2, 0.25) is 0 Å². The normalized spacial score (nSPS) is 15.0. The molecule has 0 saturated heterocycles. The summed E-state index contributed by atoms with van der Waals surface area (Å²) in [7, 11) is 0. The van der Waals surface area contributed by atoms with Crippen molar-refractivity contribution in [1.29, 1.82) is 0 Å². The van der Waals surface area contributed by atoms with Crippen molar-refractivity contribution in [3.63, 3.8) is 0 Å². The van der Waals surface area contributed by atoms with Gasteiger partial charge in [0.25, 0.3) is 0 Å². The smallest absolute Gasteiger partial charge is 0.243 e. The third-order valence-electron chi connectivity index (χ3n) is 9.79. The topological polar surface area (TPSA) is 403 Å². The number of hydrogen-bond acceptors (Lipinski definition) is 14. The van der Waals surface area contributed by atoms with Gasteiger partial charge in [-0.15, -0.1) is 0 Å². The van der Waals surface area contributed by atoms with Gasteiger partial charge in [0.15, 0.2) is 0 Å². The van der Waals surface area contributed by atoms with Crippen LogP contribution in [0.3, 0.4) is 0 Å². The summed E-state index contributed by atoms with van der Waals surface area (Å²) in [4.78, 5) is 107. The van der Waals surface area contributed by atoms with Crippen LogP contribution in [0.15, 0.2) is 30.3 Å². The molecule has 0 bridgehead atoms. The van der Waals surface area contributed by atoms with Gasteiger partial charge in [-0.25, -0.2) is 0 Å². The van der Waals surface area contributed by atoms with Crippen LogP contribution in [-0.4, -0.2) is 128 Å². The molecular formula is C41H74N14O8. The molecule has 22 nitrogen and oxygen atoms in total. The minimum Gasteiger partial charge on any atom is -0.368 e. The summed E-state index contributed by atoms with van der Waals surface area (Å²) in [6.07, 6.45) is 0.443. The van der Waals surface area contributed by atoms with Crippen molar-refractivity contribution < 1.29 is 38.4 Å². The second kappa shape index (κ2) is 29.9. The van der Waals surface area contributed by atoms with Crippen LogP contribution in [0, 0.1) is 11.8 Å². The van der Waals surface area contributed by atoms with Gasteiger partial charge in [-0.05, 0) is 95.1 Å². The zero-order valence-corrected chi connectivity index (χ0v) is 37.2. The summed E-state index contributed by atoms with van der Waals surface area (Å²) in [5.74, 6) is -5.94. The highest BCUT2D eigenvalue weighted by Gasteiger charge is 2.34. The lowest BCUT2D eigenvalue weighted by atomic mass is 10.00. The highest BCUT2D eigenvalue weighted by Crippen LogP contribution is 2.11. The van der Waals surface area contributed by atoms with E-state index in [1.54, 1.807) is 30.3 Å². The maximum atomic E-state index is 14.1. The molecule has 1 rings (SSSR count). The van der Waals surface area contributed by atoms with Crippen molar-refractivity contribution in [2.75, 3.05) is 32.7 Å². The summed E-state index contributed by atoms with van der Waals surface area (Å²) in [6.45, 7) is 7.42. The largest absolute Gasteiger partial charge is 0.368 e. The first kappa shape index (κ1) is 55.8. The summed E-state index contributed by atoms with van der Waals surface area (Å²) >= 11 is 0. The van der Waals surface area contributed by atoms with Crippen molar-refractivity contribution in [2.45, 2.75) is 127 Å². The summed E-state index contributed by atoms with van der Waals surface area (Å²) in [6, 6.07) is -0.557. The molecule has 8 amide bonds. The molecule has 0 aliphatic rings. The quantitative estimate of drug-likeness (QED) is 0.0333. The Morgan fingerprint density at radius 2 is 0.730 bits per heavy atom. The van der Waals surface area contributed by atoms with Gasteiger partial charge in [0.2, 0.25) is 47.3 Å². The second-order valence-corrected chi connectivity index (χ2v) is 16.3. The molecule has 0 saturated carbocycles. The number of nitrogens with one attached hydrogen (secondary N) is 7. The number of primary amides is 1. The molecule has 0 heterocycles. The number of nitrogens with two attached hydrogens (primary N) is 7. The maximum absolute atomic E-state index is 14.1. The lowest BCUT2D eigenvalue weighted by Crippen LogP contribution is -2.61. The fourth-order valence-corrected chi connectivity index (χ4v) is 6.44. The Morgan fingerprint density at radius 3 is 1.10 bits per heavy atom. The standard InChI is InChI=1S/C41H74N14O8/c1-23(2)20-31(34(48)56)53-38(60)29(13-18-45)50-37(59)28(12-17-44)52-41(63)33(22-25-8-6-5-7-9-25)55-40(62)32(21-24(3)4)54-39(61)30(14-19-46)51-36(58)27(11-16-43)49-35(57)26(47)10-15-42/h5-9,23-24,26-33H,10-22,42-47H2,1-4H3,(H2,48,56)(H,49,57)(H,50,59)(H,51,58)(H,52,63)(H,53,60)(H,54,61)(H,55,62)/t26-,27+,28+,29+,30+,31+,32+,33-/m1/s1. The van der Waals surface area contributed by atoms with E-state index < -0.39 is 95.6 Å². The second-order valence-electron chi connectivity index (χ2n) is 16.3. The van der Waals surface area contributed by atoms with Crippen LogP contribution in [0.5, 0.6) is 0 Å². The fraction of sp³-hybridized carbons (Fsp3) is 0.659. The van der Waals surface area contributed by atoms with Crippen molar-refractivity contribution in [3.05, 3.63) is 35.9 Å². The predicted molar refractivity (Wildman–Crippen MR) is 238 cm³/mol. The van der Waals surface area contributed by atoms with Crippen molar-refractivity contribution in [2.24, 2.45) is 52.0 Å². The van der Waals surface area contributed by atoms with Gasteiger partial charge in [0, 0.05) is 6.42 Å². The minimum absolute atomic E-state index is 0.00568. The third kappa shape index (κ3) is 21.1. The van der Waals surface area contributed by atoms with Crippen LogP contribution in [-0.2, 0) is 44.8 Å². The van der Waals surface area contributed by atoms with E-state index in [4.69, 9.17) is 40.1 Å². The number of carbonyl (C=O) groups is 8. The summed E-state index contributed by atoms with van der Waals surface area (Å²) in [5, 5.41) is 18.4. The molecule has 0 unspecified atom stereocenters. The zero-order valence-electron chi connectivity index (χ0n) is 37.2. The van der Waals surface area contributed by atoms with Gasteiger partial charge in [0.1, 0.15) is 42.3 Å². The number of rotatable bonds is 31. The molecule has 1 aromatic carbocycles. The van der Waals surface area contributed by atoms with Crippen LogP contribution < -0.4 is 77.4 Å². The third-order valence-corrected chi connectivity index (χ3v) is 9.79. The molecule has 21 N–H and O–H groups in total. The Kier molecular flexibility index (Phi) is 26.5. The number of hydrogen-bond donors (Lipinski definition) is 14. The highest BCUT2D eigenvalue weighted by atomic mass is 16.2. The predicted octanol–water partition coefficient (Wildman–Crippen LogP) is -4.73. The Hall–Kier alpha value is -5.26. The van der Waals surface area contributed by atoms with Crippen molar-refractivity contribution in [1.82, 2.24) is 37.2 Å². The number of amides is 8. The highest BCUT2D eigenvalue weighted by molar-refractivity contribution is 5.97. The van der Waals surface area contributed by atoms with Crippen LogP contribution in [0.1, 0.15) is 78.2 Å². The zero-order chi connectivity index (χ0) is 47.6. The van der Waals surface area contributed by atoms with E-state index in [2.05, 4.69) is 37.2 Å². The van der Waals surface area contributed by atoms with E-state index >= 15 is 0 Å². The first-order valence-corrected chi connectivity index (χ1v) is 21.5. The van der Waals surface area contributed by atoms with E-state index in [-0.39, 0.29) is 95.9 Å². The van der Waals surface area contributed by atoms with Crippen molar-refractivity contribution >= 4 is 47.3 Å². The van der Waals surface area contributed by atoms with Gasteiger partial charge in [-0.2, -0.15) is 0 Å². The van der Waals surface area contributed by atoms with Crippen LogP contribution >= 0.6 is 0 Å². The molecule has 0 radical (unpaired) electrons. The number of benzene rings is 1. The molecule has 0 spiro atoms. The Balaban J connectivity index is 3.38. The van der Waals surface area contributed by atoms with E-state index in [1.807, 2.05) is 27.7 Å². The average Bonchev–Trinajstić information content (AvgIpc) is 3.22. The molecule has 63 heavy (non-hydrogen) atoms. The SMILES string of the molecule is CC(C)C[C@H](NC(=O)[C@H](CCN)NC(=O)[C@H](CCN)NC(=O)[C@@H](Cc1ccccc1)NC(=O)[C@H](CC(C)C)NC(=O)[C@H](CCN)NC(=O)[C@H](CCN)NC(=O)[C@H](N)CCN)C(N)=O. The molecule has 22 heteroatoms. The summed E-state index contributed by atoms with van der Waals surface area (Å²) in [5.41, 5.74) is 40.6. The molecule has 1 aromatic rings. The van der Waals surface area contributed by atoms with Gasteiger partial charge in [-0.3, -0.25) is 38.4 Å². The Bertz CT molecular complexity index is 1620. The molecule has 0 aliphatic carbocycles. The molecule has 8 atom stereocenters. The van der Waals surface area contributed by atoms with Crippen molar-refractivity contribution in [3.8, 4) is 0 Å². The molecule has 0 aromatic heterocycles. The first-order chi connectivity index (χ1) is 29.8. The average molecular weight is 891 g/mol. The minimum atomic E-state index is -1.29. The monoisotopic (exact) mass is 891 g/mol. The summed E-state index contributed by atoms with van der Waals surface area (Å²) < 4.78 is 0. The van der Waals surface area contributed by atoms with E-state index in [0.29, 0.717) is 5.56 Å². The van der Waals surface area contributed by atoms with Gasteiger partial charge < -0.3 is 77.4 Å². The van der Waals surface area contributed by atoms with Crippen LogP contribution in [0.4, 0.5) is 0 Å².